The third-order valence-electron chi connectivity index (χ3n) is 2.20. The van der Waals surface area contributed by atoms with E-state index in [1.165, 1.54) is 12.1 Å². The van der Waals surface area contributed by atoms with Crippen LogP contribution in [0.3, 0.4) is 0 Å². The Balaban J connectivity index is 2.10. The van der Waals surface area contributed by atoms with E-state index < -0.39 is 10.0 Å². The van der Waals surface area contributed by atoms with Crippen LogP contribution in [0, 0.1) is 0 Å². The third-order valence-corrected chi connectivity index (χ3v) is 3.47. The fraction of sp³-hybridized carbons (Fsp3) is 0.0909. The van der Waals surface area contributed by atoms with Gasteiger partial charge in [0.1, 0.15) is 0 Å². The van der Waals surface area contributed by atoms with Gasteiger partial charge < -0.3 is 4.42 Å². The van der Waals surface area contributed by atoms with Crippen LogP contribution in [0.2, 0.25) is 0 Å². The Hall–Kier alpha value is -1.99. The predicted octanol–water partition coefficient (Wildman–Crippen LogP) is 0.966. The fourth-order valence-corrected chi connectivity index (χ4v) is 2.24. The molecule has 0 bridgehead atoms. The molecule has 0 unspecified atom stereocenters. The molecule has 0 aromatic carbocycles. The number of furan rings is 1. The van der Waals surface area contributed by atoms with E-state index in [9.17, 15) is 13.2 Å². The highest BCUT2D eigenvalue weighted by atomic mass is 32.2. The molecule has 1 N–H and O–H groups in total. The molecule has 18 heavy (non-hydrogen) atoms. The van der Waals surface area contributed by atoms with Gasteiger partial charge in [-0.2, -0.15) is 0 Å². The summed E-state index contributed by atoms with van der Waals surface area (Å²) in [6.07, 6.45) is 3.59. The second-order valence-corrected chi connectivity index (χ2v) is 5.15. The van der Waals surface area contributed by atoms with Crippen LogP contribution in [-0.2, 0) is 16.6 Å². The van der Waals surface area contributed by atoms with Crippen molar-refractivity contribution in [3.63, 3.8) is 0 Å². The first kappa shape index (κ1) is 12.5. The highest BCUT2D eigenvalue weighted by Crippen LogP contribution is 2.12. The lowest BCUT2D eigenvalue weighted by Crippen LogP contribution is -2.22. The first-order chi connectivity index (χ1) is 8.62. The number of hydrogen-bond acceptors (Lipinski definition) is 5. The molecule has 2 aromatic heterocycles. The lowest BCUT2D eigenvalue weighted by molar-refractivity contribution is 0.109. The van der Waals surface area contributed by atoms with Gasteiger partial charge in [-0.3, -0.25) is 9.78 Å². The Labute approximate surface area is 104 Å². The Morgan fingerprint density at radius 3 is 2.56 bits per heavy atom. The van der Waals surface area contributed by atoms with E-state index in [1.807, 2.05) is 0 Å². The molecule has 0 atom stereocenters. The van der Waals surface area contributed by atoms with Crippen LogP contribution in [0.25, 0.3) is 0 Å². The standard InChI is InChI=1S/C11H10N2O4S/c14-8-10-1-2-11(17-10)18(15,16)13-7-9-3-5-12-6-4-9/h1-6,8,13H,7H2. The second kappa shape index (κ2) is 5.11. The summed E-state index contributed by atoms with van der Waals surface area (Å²) >= 11 is 0. The van der Waals surface area contributed by atoms with Crippen molar-refractivity contribution in [2.24, 2.45) is 0 Å². The van der Waals surface area contributed by atoms with E-state index in [-0.39, 0.29) is 17.4 Å². The van der Waals surface area contributed by atoms with E-state index in [1.54, 1.807) is 24.5 Å². The molecule has 2 aromatic rings. The summed E-state index contributed by atoms with van der Waals surface area (Å²) in [7, 11) is -3.74. The minimum absolute atomic E-state index is 0.0284. The predicted molar refractivity (Wildman–Crippen MR) is 62.4 cm³/mol. The van der Waals surface area contributed by atoms with E-state index in [0.717, 1.165) is 5.56 Å². The largest absolute Gasteiger partial charge is 0.440 e. The van der Waals surface area contributed by atoms with Gasteiger partial charge in [0.2, 0.25) is 5.09 Å². The molecule has 0 amide bonds. The summed E-state index contributed by atoms with van der Waals surface area (Å²) in [6.45, 7) is 0.127. The number of carbonyl (C=O) groups excluding carboxylic acids is 1. The molecule has 2 rings (SSSR count). The number of aromatic nitrogens is 1. The zero-order valence-corrected chi connectivity index (χ0v) is 10.1. The quantitative estimate of drug-likeness (QED) is 0.814. The van der Waals surface area contributed by atoms with E-state index >= 15 is 0 Å². The van der Waals surface area contributed by atoms with Crippen LogP contribution in [0.15, 0.2) is 46.2 Å². The average Bonchev–Trinajstić information content (AvgIpc) is 2.87. The van der Waals surface area contributed by atoms with Crippen molar-refractivity contribution < 1.29 is 17.6 Å². The Kier molecular flexibility index (Phi) is 3.54. The number of pyridine rings is 1. The Morgan fingerprint density at radius 2 is 1.94 bits per heavy atom. The number of nitrogens with zero attached hydrogens (tertiary/aromatic N) is 1. The van der Waals surface area contributed by atoms with Gasteiger partial charge in [-0.25, -0.2) is 13.1 Å². The molecular formula is C11H10N2O4S. The summed E-state index contributed by atoms with van der Waals surface area (Å²) in [5.74, 6) is -0.0284. The highest BCUT2D eigenvalue weighted by molar-refractivity contribution is 7.89. The minimum Gasteiger partial charge on any atom is -0.440 e. The molecule has 0 aliphatic heterocycles. The Morgan fingerprint density at radius 1 is 1.22 bits per heavy atom. The summed E-state index contributed by atoms with van der Waals surface area (Å²) < 4.78 is 30.8. The van der Waals surface area contributed by atoms with Gasteiger partial charge in [-0.1, -0.05) is 0 Å². The van der Waals surface area contributed by atoms with Crippen molar-refractivity contribution >= 4 is 16.3 Å². The average molecular weight is 266 g/mol. The van der Waals surface area contributed by atoms with Crippen LogP contribution >= 0.6 is 0 Å². The van der Waals surface area contributed by atoms with Crippen molar-refractivity contribution in [3.8, 4) is 0 Å². The zero-order valence-electron chi connectivity index (χ0n) is 9.24. The van der Waals surface area contributed by atoms with E-state index in [4.69, 9.17) is 4.42 Å². The summed E-state index contributed by atoms with van der Waals surface area (Å²) in [4.78, 5) is 14.2. The molecular weight excluding hydrogens is 256 g/mol. The summed E-state index contributed by atoms with van der Waals surface area (Å²) in [5.41, 5.74) is 0.774. The number of rotatable bonds is 5. The fourth-order valence-electron chi connectivity index (χ4n) is 1.29. The molecule has 94 valence electrons. The summed E-state index contributed by atoms with van der Waals surface area (Å²) in [5, 5.41) is -0.279. The van der Waals surface area contributed by atoms with Crippen LogP contribution in [0.4, 0.5) is 0 Å². The molecule has 0 aliphatic carbocycles. The highest BCUT2D eigenvalue weighted by Gasteiger charge is 2.18. The lowest BCUT2D eigenvalue weighted by atomic mass is 10.3. The molecule has 0 radical (unpaired) electrons. The monoisotopic (exact) mass is 266 g/mol. The maximum atomic E-state index is 11.8. The topological polar surface area (TPSA) is 89.3 Å². The number of carbonyl (C=O) groups is 1. The van der Waals surface area contributed by atoms with Gasteiger partial charge in [-0.15, -0.1) is 0 Å². The van der Waals surface area contributed by atoms with Gasteiger partial charge in [0.25, 0.3) is 10.0 Å². The molecule has 0 aliphatic rings. The van der Waals surface area contributed by atoms with Crippen molar-refractivity contribution in [3.05, 3.63) is 48.0 Å². The van der Waals surface area contributed by atoms with Crippen LogP contribution in [0.5, 0.6) is 0 Å². The molecule has 7 heteroatoms. The van der Waals surface area contributed by atoms with Crippen LogP contribution < -0.4 is 4.72 Å². The first-order valence-electron chi connectivity index (χ1n) is 5.05. The molecule has 0 fully saturated rings. The van der Waals surface area contributed by atoms with Gasteiger partial charge in [-0.05, 0) is 29.8 Å². The zero-order chi connectivity index (χ0) is 13.0. The number of hydrogen-bond donors (Lipinski definition) is 1. The second-order valence-electron chi connectivity index (χ2n) is 3.45. The molecule has 2 heterocycles. The minimum atomic E-state index is -3.74. The molecule has 0 saturated carbocycles. The van der Waals surface area contributed by atoms with Crippen LogP contribution in [-0.4, -0.2) is 19.7 Å². The van der Waals surface area contributed by atoms with Gasteiger partial charge in [0.05, 0.1) is 0 Å². The molecule has 0 saturated heterocycles. The van der Waals surface area contributed by atoms with Gasteiger partial charge in [0, 0.05) is 18.9 Å². The van der Waals surface area contributed by atoms with E-state index in [0.29, 0.717) is 6.29 Å². The van der Waals surface area contributed by atoms with Crippen molar-refractivity contribution in [2.75, 3.05) is 0 Å². The van der Waals surface area contributed by atoms with Crippen LogP contribution in [0.1, 0.15) is 16.1 Å². The summed E-state index contributed by atoms with van der Waals surface area (Å²) in [6, 6.07) is 5.93. The molecule has 0 spiro atoms. The van der Waals surface area contributed by atoms with Crippen molar-refractivity contribution in [1.29, 1.82) is 0 Å². The number of aldehydes is 1. The van der Waals surface area contributed by atoms with E-state index in [2.05, 4.69) is 9.71 Å². The maximum Gasteiger partial charge on any atom is 0.274 e. The normalized spacial score (nSPS) is 11.3. The maximum absolute atomic E-state index is 11.8. The Bertz CT molecular complexity index is 634. The first-order valence-corrected chi connectivity index (χ1v) is 6.54. The third kappa shape index (κ3) is 2.82. The van der Waals surface area contributed by atoms with Gasteiger partial charge in [0.15, 0.2) is 12.0 Å². The lowest BCUT2D eigenvalue weighted by Gasteiger charge is -2.03. The number of nitrogens with one attached hydrogen (secondary N) is 1. The van der Waals surface area contributed by atoms with Gasteiger partial charge >= 0.3 is 0 Å². The SMILES string of the molecule is O=Cc1ccc(S(=O)(=O)NCc2ccncc2)o1. The number of sulfonamides is 1. The smallest absolute Gasteiger partial charge is 0.274 e. The van der Waals surface area contributed by atoms with Crippen molar-refractivity contribution in [2.45, 2.75) is 11.6 Å². The molecule has 6 nitrogen and oxygen atoms in total. The van der Waals surface area contributed by atoms with Crippen molar-refractivity contribution in [1.82, 2.24) is 9.71 Å².